The van der Waals surface area contributed by atoms with Gasteiger partial charge < -0.3 is 24.6 Å². The van der Waals surface area contributed by atoms with Crippen molar-refractivity contribution in [1.29, 1.82) is 5.26 Å². The highest BCUT2D eigenvalue weighted by molar-refractivity contribution is 6.27. The first-order chi connectivity index (χ1) is 17.0. The number of carbonyl (C=O) groups is 2. The van der Waals surface area contributed by atoms with Crippen molar-refractivity contribution >= 4 is 11.9 Å². The molecule has 0 aromatic heterocycles. The quantitative estimate of drug-likeness (QED) is 0.435. The lowest BCUT2D eigenvalue weighted by atomic mass is 9.69. The van der Waals surface area contributed by atoms with Crippen LogP contribution in [0.1, 0.15) is 37.8 Å². The Morgan fingerprint density at radius 2 is 1.56 bits per heavy atom. The van der Waals surface area contributed by atoms with Crippen molar-refractivity contribution in [3.05, 3.63) is 59.4 Å². The molecular weight excluding hydrogens is 467 g/mol. The number of nitriles is 1. The highest BCUT2D eigenvalue weighted by Gasteiger charge is 2.36. The van der Waals surface area contributed by atoms with Crippen molar-refractivity contribution in [3.8, 4) is 17.6 Å². The predicted octanol–water partition coefficient (Wildman–Crippen LogP) is 4.37. The maximum atomic E-state index is 13.0. The highest BCUT2D eigenvalue weighted by atomic mass is 19.1. The number of aliphatic carboxylic acids is 2. The Kier molecular flexibility index (Phi) is 12.4. The third-order valence-corrected chi connectivity index (χ3v) is 6.04. The zero-order valence-electron chi connectivity index (χ0n) is 21.5. The molecule has 9 heteroatoms. The van der Waals surface area contributed by atoms with Crippen molar-refractivity contribution in [2.75, 3.05) is 34.4 Å². The Morgan fingerprint density at radius 3 is 1.97 bits per heavy atom. The van der Waals surface area contributed by atoms with E-state index in [1.165, 1.54) is 12.1 Å². The van der Waals surface area contributed by atoms with Crippen molar-refractivity contribution < 1.29 is 33.7 Å². The summed E-state index contributed by atoms with van der Waals surface area (Å²) in [4.78, 5) is 20.5. The molecule has 196 valence electrons. The predicted molar refractivity (Wildman–Crippen MR) is 134 cm³/mol. The molecule has 2 rings (SSSR count). The van der Waals surface area contributed by atoms with Crippen LogP contribution >= 0.6 is 0 Å². The molecule has 1 atom stereocenters. The fraction of sp³-hybridized carbons (Fsp3) is 0.444. The zero-order valence-corrected chi connectivity index (χ0v) is 21.5. The minimum absolute atomic E-state index is 0.142. The molecule has 0 fully saturated rings. The second kappa shape index (κ2) is 14.7. The van der Waals surface area contributed by atoms with Crippen molar-refractivity contribution in [3.63, 3.8) is 0 Å². The maximum absolute atomic E-state index is 13.0. The first-order valence-corrected chi connectivity index (χ1v) is 11.5. The summed E-state index contributed by atoms with van der Waals surface area (Å²) in [5.41, 5.74) is 1.45. The Morgan fingerprint density at radius 1 is 1.03 bits per heavy atom. The molecule has 0 radical (unpaired) electrons. The van der Waals surface area contributed by atoms with Crippen LogP contribution in [-0.4, -0.2) is 61.4 Å². The second-order valence-corrected chi connectivity index (χ2v) is 8.73. The molecule has 2 N–H and O–H groups in total. The monoisotopic (exact) mass is 502 g/mol. The number of hydrogen-bond donors (Lipinski definition) is 2. The standard InChI is InChI=1S/C25H33FN2O2.C2H2O4/c1-19(2)25(18-27,21-15-23(29-4)17-24(16-21)30-5)12-6-13-28(3)14-11-20-7-9-22(26)10-8-20;3-1(4)2(5)6/h7-10,15-17,19H,6,11-14H2,1-5H3;(H,3,4)(H,5,6). The number of carboxylic acids is 2. The van der Waals surface area contributed by atoms with Gasteiger partial charge in [-0.15, -0.1) is 0 Å². The minimum Gasteiger partial charge on any atom is -0.497 e. The molecule has 36 heavy (non-hydrogen) atoms. The summed E-state index contributed by atoms with van der Waals surface area (Å²) in [6, 6.07) is 15.0. The number of ether oxygens (including phenoxy) is 2. The van der Waals surface area contributed by atoms with Crippen LogP contribution < -0.4 is 9.47 Å². The van der Waals surface area contributed by atoms with Crippen molar-refractivity contribution in [1.82, 2.24) is 4.90 Å². The summed E-state index contributed by atoms with van der Waals surface area (Å²) in [7, 11) is 5.33. The van der Waals surface area contributed by atoms with Crippen LogP contribution in [0.2, 0.25) is 0 Å². The van der Waals surface area contributed by atoms with Crippen molar-refractivity contribution in [2.24, 2.45) is 5.92 Å². The number of carboxylic acid groups (broad SMARTS) is 2. The molecule has 0 aliphatic rings. The fourth-order valence-electron chi connectivity index (χ4n) is 3.79. The molecule has 0 aliphatic carbocycles. The van der Waals surface area contributed by atoms with Gasteiger partial charge in [0.1, 0.15) is 17.3 Å². The average Bonchev–Trinajstić information content (AvgIpc) is 2.86. The van der Waals surface area contributed by atoms with E-state index in [1.54, 1.807) is 14.2 Å². The van der Waals surface area contributed by atoms with Gasteiger partial charge in [-0.3, -0.25) is 0 Å². The summed E-state index contributed by atoms with van der Waals surface area (Å²) >= 11 is 0. The topological polar surface area (TPSA) is 120 Å². The SMILES string of the molecule is COc1cc(OC)cc(C(C#N)(CCCN(C)CCc2ccc(F)cc2)C(C)C)c1.O=C(O)C(=O)O. The molecule has 0 spiro atoms. The molecule has 0 aliphatic heterocycles. The first kappa shape index (κ1) is 30.4. The van der Waals surface area contributed by atoms with Gasteiger partial charge in [0.05, 0.1) is 25.7 Å². The molecule has 2 aromatic carbocycles. The molecule has 0 saturated carbocycles. The van der Waals surface area contributed by atoms with Crippen LogP contribution in [-0.2, 0) is 21.4 Å². The summed E-state index contributed by atoms with van der Waals surface area (Å²) in [6.45, 7) is 5.96. The Bertz CT molecular complexity index is 1000. The van der Waals surface area contributed by atoms with Crippen molar-refractivity contribution in [2.45, 2.75) is 38.5 Å². The smallest absolute Gasteiger partial charge is 0.414 e. The molecule has 8 nitrogen and oxygen atoms in total. The number of methoxy groups -OCH3 is 2. The number of halogens is 1. The summed E-state index contributed by atoms with van der Waals surface area (Å²) in [5, 5.41) is 25.0. The van der Waals surface area contributed by atoms with E-state index in [-0.39, 0.29) is 11.7 Å². The minimum atomic E-state index is -1.82. The van der Waals surface area contributed by atoms with Crippen LogP contribution in [0.15, 0.2) is 42.5 Å². The molecule has 2 aromatic rings. The van der Waals surface area contributed by atoms with Crippen LogP contribution in [0.3, 0.4) is 0 Å². The third-order valence-electron chi connectivity index (χ3n) is 6.04. The van der Waals surface area contributed by atoms with Crippen LogP contribution in [0, 0.1) is 23.1 Å². The molecule has 0 amide bonds. The largest absolute Gasteiger partial charge is 0.497 e. The van der Waals surface area contributed by atoms with E-state index >= 15 is 0 Å². The summed E-state index contributed by atoms with van der Waals surface area (Å²) in [5.74, 6) is -2.32. The number of benzene rings is 2. The number of hydrogen-bond acceptors (Lipinski definition) is 6. The Labute approximate surface area is 211 Å². The summed E-state index contributed by atoms with van der Waals surface area (Å²) < 4.78 is 23.9. The maximum Gasteiger partial charge on any atom is 0.414 e. The zero-order chi connectivity index (χ0) is 27.3. The van der Waals surface area contributed by atoms with Gasteiger partial charge in [-0.1, -0.05) is 26.0 Å². The highest BCUT2D eigenvalue weighted by Crippen LogP contribution is 2.40. The van der Waals surface area contributed by atoms with Crippen LogP contribution in [0.4, 0.5) is 4.39 Å². The molecular formula is C27H35FN2O6. The van der Waals surface area contributed by atoms with Gasteiger partial charge >= 0.3 is 11.9 Å². The van der Waals surface area contributed by atoms with Gasteiger partial charge in [0, 0.05) is 12.6 Å². The number of likely N-dealkylation sites (N-methyl/N-ethyl adjacent to an activating group) is 1. The average molecular weight is 503 g/mol. The van der Waals surface area contributed by atoms with Gasteiger partial charge in [0.2, 0.25) is 0 Å². The van der Waals surface area contributed by atoms with Crippen LogP contribution in [0.25, 0.3) is 0 Å². The fourth-order valence-corrected chi connectivity index (χ4v) is 3.79. The van der Waals surface area contributed by atoms with Gasteiger partial charge in [-0.2, -0.15) is 5.26 Å². The van der Waals surface area contributed by atoms with E-state index in [0.29, 0.717) is 11.5 Å². The lowest BCUT2D eigenvalue weighted by molar-refractivity contribution is -0.159. The molecule has 1 unspecified atom stereocenters. The van der Waals surface area contributed by atoms with E-state index in [2.05, 4.69) is 31.9 Å². The van der Waals surface area contributed by atoms with Gasteiger partial charge in [0.15, 0.2) is 0 Å². The first-order valence-electron chi connectivity index (χ1n) is 11.5. The number of nitrogens with zero attached hydrogens (tertiary/aromatic N) is 2. The van der Waals surface area contributed by atoms with E-state index < -0.39 is 17.4 Å². The lowest BCUT2D eigenvalue weighted by Gasteiger charge is -2.32. The van der Waals surface area contributed by atoms with Crippen LogP contribution in [0.5, 0.6) is 11.5 Å². The van der Waals surface area contributed by atoms with E-state index in [4.69, 9.17) is 29.3 Å². The van der Waals surface area contributed by atoms with E-state index in [1.807, 2.05) is 30.3 Å². The normalized spacial score (nSPS) is 12.2. The Balaban J connectivity index is 0.000000960. The molecule has 0 heterocycles. The third kappa shape index (κ3) is 9.19. The van der Waals surface area contributed by atoms with E-state index in [0.717, 1.165) is 43.5 Å². The molecule has 0 saturated heterocycles. The lowest BCUT2D eigenvalue weighted by Crippen LogP contribution is -2.32. The van der Waals surface area contributed by atoms with Gasteiger partial charge in [0.25, 0.3) is 0 Å². The number of rotatable bonds is 11. The van der Waals surface area contributed by atoms with Gasteiger partial charge in [-0.05, 0) is 74.2 Å². The Hall–Kier alpha value is -3.64. The van der Waals surface area contributed by atoms with E-state index in [9.17, 15) is 9.65 Å². The van der Waals surface area contributed by atoms with Gasteiger partial charge in [-0.25, -0.2) is 14.0 Å². The summed E-state index contributed by atoms with van der Waals surface area (Å²) in [6.07, 6.45) is 2.51. The molecule has 0 bridgehead atoms. The second-order valence-electron chi connectivity index (χ2n) is 8.73.